The monoisotopic (exact) mass is 290 g/mol. The summed E-state index contributed by atoms with van der Waals surface area (Å²) in [5.74, 6) is -2.07. The lowest BCUT2D eigenvalue weighted by molar-refractivity contribution is 0.0696. The van der Waals surface area contributed by atoms with Crippen molar-refractivity contribution in [1.82, 2.24) is 15.5 Å². The number of aromatic nitrogens is 2. The fourth-order valence-electron chi connectivity index (χ4n) is 1.51. The van der Waals surface area contributed by atoms with Crippen LogP contribution in [-0.2, 0) is 6.54 Å². The van der Waals surface area contributed by atoms with E-state index < -0.39 is 17.8 Å². The second-order valence-electron chi connectivity index (χ2n) is 4.02. The molecule has 0 aliphatic heterocycles. The standard InChI is InChI=1S/C13H11FN4O3/c14-10-6-8(12(19)20)3-4-11(10)17-13(21)15-7-9-2-1-5-16-18-9/h1-6H,7H2,(H,19,20)(H2,15,17,21). The summed E-state index contributed by atoms with van der Waals surface area (Å²) >= 11 is 0. The average molecular weight is 290 g/mol. The van der Waals surface area contributed by atoms with Crippen molar-refractivity contribution in [2.24, 2.45) is 0 Å². The third kappa shape index (κ3) is 3.96. The molecule has 1 heterocycles. The molecule has 0 aliphatic carbocycles. The molecule has 2 aromatic rings. The highest BCUT2D eigenvalue weighted by Crippen LogP contribution is 2.15. The fraction of sp³-hybridized carbons (Fsp3) is 0.0769. The van der Waals surface area contributed by atoms with Gasteiger partial charge in [0.25, 0.3) is 0 Å². The van der Waals surface area contributed by atoms with E-state index in [1.807, 2.05) is 0 Å². The molecule has 3 N–H and O–H groups in total. The molecule has 1 aromatic carbocycles. The lowest BCUT2D eigenvalue weighted by Gasteiger charge is -2.08. The van der Waals surface area contributed by atoms with E-state index in [1.54, 1.807) is 12.1 Å². The van der Waals surface area contributed by atoms with Crippen LogP contribution in [0.5, 0.6) is 0 Å². The number of halogens is 1. The van der Waals surface area contributed by atoms with E-state index in [0.717, 1.165) is 6.07 Å². The average Bonchev–Trinajstić information content (AvgIpc) is 2.48. The number of aromatic carboxylic acids is 1. The van der Waals surface area contributed by atoms with E-state index in [2.05, 4.69) is 20.8 Å². The van der Waals surface area contributed by atoms with Crippen molar-refractivity contribution < 1.29 is 19.1 Å². The van der Waals surface area contributed by atoms with Crippen LogP contribution in [-0.4, -0.2) is 27.3 Å². The molecule has 2 rings (SSSR count). The minimum atomic E-state index is -1.24. The van der Waals surface area contributed by atoms with Crippen LogP contribution in [0.15, 0.2) is 36.5 Å². The van der Waals surface area contributed by atoms with Crippen molar-refractivity contribution in [3.63, 3.8) is 0 Å². The Bertz CT molecular complexity index is 664. The SMILES string of the molecule is O=C(NCc1cccnn1)Nc1ccc(C(=O)O)cc1F. The second-order valence-corrected chi connectivity index (χ2v) is 4.02. The Hall–Kier alpha value is -3.03. The summed E-state index contributed by atoms with van der Waals surface area (Å²) in [5, 5.41) is 20.9. The van der Waals surface area contributed by atoms with Gasteiger partial charge in [0.1, 0.15) is 5.82 Å². The summed E-state index contributed by atoms with van der Waals surface area (Å²) < 4.78 is 13.6. The number of hydrogen-bond donors (Lipinski definition) is 3. The number of amides is 2. The van der Waals surface area contributed by atoms with Crippen molar-refractivity contribution in [2.45, 2.75) is 6.54 Å². The predicted molar refractivity (Wildman–Crippen MR) is 71.2 cm³/mol. The van der Waals surface area contributed by atoms with Gasteiger partial charge in [0.2, 0.25) is 0 Å². The lowest BCUT2D eigenvalue weighted by Crippen LogP contribution is -2.29. The first-order valence-corrected chi connectivity index (χ1v) is 5.90. The largest absolute Gasteiger partial charge is 0.478 e. The Balaban J connectivity index is 1.95. The van der Waals surface area contributed by atoms with Gasteiger partial charge in [-0.1, -0.05) is 0 Å². The highest BCUT2D eigenvalue weighted by atomic mass is 19.1. The van der Waals surface area contributed by atoms with Crippen LogP contribution in [0.2, 0.25) is 0 Å². The molecule has 0 unspecified atom stereocenters. The van der Waals surface area contributed by atoms with Crippen LogP contribution in [0.25, 0.3) is 0 Å². The van der Waals surface area contributed by atoms with Crippen molar-refractivity contribution in [1.29, 1.82) is 0 Å². The van der Waals surface area contributed by atoms with E-state index in [4.69, 9.17) is 5.11 Å². The van der Waals surface area contributed by atoms with Crippen molar-refractivity contribution in [3.05, 3.63) is 53.6 Å². The van der Waals surface area contributed by atoms with Crippen LogP contribution in [0.3, 0.4) is 0 Å². The molecule has 7 nitrogen and oxygen atoms in total. The number of carboxylic acids is 1. The van der Waals surface area contributed by atoms with Gasteiger partial charge in [0.15, 0.2) is 0 Å². The molecule has 108 valence electrons. The molecule has 0 radical (unpaired) electrons. The van der Waals surface area contributed by atoms with Gasteiger partial charge < -0.3 is 15.7 Å². The molecule has 2 amide bonds. The summed E-state index contributed by atoms with van der Waals surface area (Å²) in [7, 11) is 0. The molecule has 1 aromatic heterocycles. The van der Waals surface area contributed by atoms with Crippen molar-refractivity contribution >= 4 is 17.7 Å². The third-order valence-corrected chi connectivity index (χ3v) is 2.52. The minimum absolute atomic E-state index is 0.114. The Morgan fingerprint density at radius 1 is 1.29 bits per heavy atom. The number of anilines is 1. The van der Waals surface area contributed by atoms with Crippen LogP contribution < -0.4 is 10.6 Å². The number of carbonyl (C=O) groups is 2. The molecular formula is C13H11FN4O3. The molecular weight excluding hydrogens is 279 g/mol. The Morgan fingerprint density at radius 3 is 2.71 bits per heavy atom. The molecule has 0 bridgehead atoms. The molecule has 0 saturated carbocycles. The highest BCUT2D eigenvalue weighted by Gasteiger charge is 2.10. The Morgan fingerprint density at radius 2 is 2.10 bits per heavy atom. The van der Waals surface area contributed by atoms with Gasteiger partial charge in [0, 0.05) is 6.20 Å². The number of nitrogens with one attached hydrogen (secondary N) is 2. The smallest absolute Gasteiger partial charge is 0.335 e. The topological polar surface area (TPSA) is 104 Å². The third-order valence-electron chi connectivity index (χ3n) is 2.52. The second kappa shape index (κ2) is 6.42. The molecule has 0 saturated heterocycles. The maximum absolute atomic E-state index is 13.6. The lowest BCUT2D eigenvalue weighted by atomic mass is 10.2. The number of carboxylic acid groups (broad SMARTS) is 1. The van der Waals surface area contributed by atoms with Gasteiger partial charge in [-0.05, 0) is 30.3 Å². The van der Waals surface area contributed by atoms with Crippen molar-refractivity contribution in [2.75, 3.05) is 5.32 Å². The van der Waals surface area contributed by atoms with E-state index in [0.29, 0.717) is 5.69 Å². The maximum atomic E-state index is 13.6. The van der Waals surface area contributed by atoms with E-state index in [-0.39, 0.29) is 17.8 Å². The summed E-state index contributed by atoms with van der Waals surface area (Å²) in [4.78, 5) is 22.3. The van der Waals surface area contributed by atoms with Gasteiger partial charge in [0.05, 0.1) is 23.5 Å². The van der Waals surface area contributed by atoms with Crippen LogP contribution in [0.1, 0.15) is 16.1 Å². The summed E-state index contributed by atoms with van der Waals surface area (Å²) in [6, 6.07) is 5.93. The van der Waals surface area contributed by atoms with Gasteiger partial charge in [-0.3, -0.25) is 0 Å². The Kier molecular flexibility index (Phi) is 4.39. The number of carbonyl (C=O) groups excluding carboxylic acids is 1. The fourth-order valence-corrected chi connectivity index (χ4v) is 1.51. The van der Waals surface area contributed by atoms with Gasteiger partial charge in [-0.15, -0.1) is 0 Å². The Labute approximate surface area is 118 Å². The summed E-state index contributed by atoms with van der Waals surface area (Å²) in [5.41, 5.74) is 0.240. The van der Waals surface area contributed by atoms with Crippen LogP contribution >= 0.6 is 0 Å². The first-order chi connectivity index (χ1) is 10.1. The number of benzene rings is 1. The maximum Gasteiger partial charge on any atom is 0.335 e. The molecule has 8 heteroatoms. The zero-order valence-electron chi connectivity index (χ0n) is 10.7. The molecule has 21 heavy (non-hydrogen) atoms. The number of hydrogen-bond acceptors (Lipinski definition) is 4. The van der Waals surface area contributed by atoms with Crippen molar-refractivity contribution in [3.8, 4) is 0 Å². The van der Waals surface area contributed by atoms with E-state index in [9.17, 15) is 14.0 Å². The van der Waals surface area contributed by atoms with Gasteiger partial charge in [-0.2, -0.15) is 10.2 Å². The first kappa shape index (κ1) is 14.4. The quantitative estimate of drug-likeness (QED) is 0.794. The number of urea groups is 1. The number of rotatable bonds is 4. The first-order valence-electron chi connectivity index (χ1n) is 5.90. The zero-order chi connectivity index (χ0) is 15.2. The summed E-state index contributed by atoms with van der Waals surface area (Å²) in [6.07, 6.45) is 1.50. The van der Waals surface area contributed by atoms with Gasteiger partial charge >= 0.3 is 12.0 Å². The normalized spacial score (nSPS) is 9.95. The zero-order valence-corrected chi connectivity index (χ0v) is 10.7. The highest BCUT2D eigenvalue weighted by molar-refractivity contribution is 5.91. The van der Waals surface area contributed by atoms with E-state index in [1.165, 1.54) is 18.3 Å². The van der Waals surface area contributed by atoms with Crippen LogP contribution in [0.4, 0.5) is 14.9 Å². The molecule has 0 aliphatic rings. The summed E-state index contributed by atoms with van der Waals surface area (Å²) in [6.45, 7) is 0.133. The number of nitrogens with zero attached hydrogens (tertiary/aromatic N) is 2. The molecule has 0 fully saturated rings. The minimum Gasteiger partial charge on any atom is -0.478 e. The van der Waals surface area contributed by atoms with Crippen LogP contribution in [0, 0.1) is 5.82 Å². The van der Waals surface area contributed by atoms with Gasteiger partial charge in [-0.25, -0.2) is 14.0 Å². The molecule has 0 spiro atoms. The molecule has 0 atom stereocenters. The predicted octanol–water partition coefficient (Wildman–Crippen LogP) is 1.64. The van der Waals surface area contributed by atoms with E-state index >= 15 is 0 Å².